The topological polar surface area (TPSA) is 114 Å². The maximum atomic E-state index is 11.9. The van der Waals surface area contributed by atoms with Crippen molar-refractivity contribution in [3.63, 3.8) is 0 Å². The standard InChI is InChI=1S/2C30H54O3S.2C4H9.Sn/c2*1-3-5-7-9-11-13-15-17-19-21-24-28-25-23-27-30(34(31,32)33)29(28)26-22-20-18-16-14-12-10-8-6-4-2;2*1-3-4-2;/h2*23,25,27H,3-22,24,26H2,1-2H3,(H,31,32,33);2*1,3-4H2,2H3;/q;;;;+2/p-2. The molecule has 9 heteroatoms. The molecule has 0 aromatic heterocycles. The van der Waals surface area contributed by atoms with E-state index >= 15 is 0 Å². The van der Waals surface area contributed by atoms with Crippen LogP contribution in [0.3, 0.4) is 0 Å². The minimum atomic E-state index is -4.42. The Morgan fingerprint density at radius 3 is 0.714 bits per heavy atom. The average Bonchev–Trinajstić information content (AvgIpc) is 3.41. The van der Waals surface area contributed by atoms with Crippen LogP contribution in [-0.4, -0.2) is 47.1 Å². The van der Waals surface area contributed by atoms with Crippen molar-refractivity contribution in [3.8, 4) is 0 Å². The van der Waals surface area contributed by atoms with Crippen molar-refractivity contribution in [2.45, 2.75) is 368 Å². The average molecular weight is 1220 g/mol. The fraction of sp³-hybridized carbons (Fsp3) is 0.824. The van der Waals surface area contributed by atoms with Crippen molar-refractivity contribution in [1.29, 1.82) is 0 Å². The molecule has 0 saturated heterocycles. The summed E-state index contributed by atoms with van der Waals surface area (Å²) in [6.45, 7) is 13.6. The molecule has 0 fully saturated rings. The molecule has 0 amide bonds. The predicted octanol–water partition coefficient (Wildman–Crippen LogP) is 22.2. The van der Waals surface area contributed by atoms with E-state index in [-0.39, 0.29) is 30.9 Å². The van der Waals surface area contributed by atoms with Crippen LogP contribution in [0.1, 0.15) is 346 Å². The van der Waals surface area contributed by atoms with E-state index in [0.29, 0.717) is 12.8 Å². The molecule has 0 aliphatic rings. The van der Waals surface area contributed by atoms with Crippen LogP contribution in [0, 0.1) is 0 Å². The van der Waals surface area contributed by atoms with Gasteiger partial charge in [0, 0.05) is 0 Å². The Labute approximate surface area is 491 Å². The summed E-state index contributed by atoms with van der Waals surface area (Å²) < 4.78 is 74.5. The number of rotatable bonds is 52. The molecule has 0 spiro atoms. The van der Waals surface area contributed by atoms with E-state index in [1.54, 1.807) is 21.0 Å². The summed E-state index contributed by atoms with van der Waals surface area (Å²) in [5.41, 5.74) is 3.75. The second kappa shape index (κ2) is 55.6. The van der Waals surface area contributed by atoms with Gasteiger partial charge in [-0.25, -0.2) is 16.8 Å². The summed E-state index contributed by atoms with van der Waals surface area (Å²) in [5.74, 6) is 0. The zero-order valence-electron chi connectivity index (χ0n) is 51.6. The van der Waals surface area contributed by atoms with Gasteiger partial charge in [0.2, 0.25) is 0 Å². The Morgan fingerprint density at radius 2 is 0.494 bits per heavy atom. The van der Waals surface area contributed by atoms with E-state index < -0.39 is 20.2 Å². The van der Waals surface area contributed by atoms with E-state index in [1.165, 1.54) is 256 Å². The van der Waals surface area contributed by atoms with Gasteiger partial charge in [0.1, 0.15) is 20.2 Å². The molecular formula is C68H124O6S2Sn. The van der Waals surface area contributed by atoms with Crippen molar-refractivity contribution in [2.75, 3.05) is 0 Å². The van der Waals surface area contributed by atoms with Crippen LogP contribution in [0.15, 0.2) is 46.2 Å². The van der Waals surface area contributed by atoms with Gasteiger partial charge in [-0.1, -0.05) is 283 Å². The van der Waals surface area contributed by atoms with Crippen LogP contribution in [-0.2, 0) is 45.9 Å². The number of benzene rings is 2. The molecule has 0 bridgehead atoms. The Bertz CT molecular complexity index is 1670. The van der Waals surface area contributed by atoms with Crippen LogP contribution in [0.5, 0.6) is 0 Å². The molecule has 0 atom stereocenters. The molecule has 2 aromatic carbocycles. The molecule has 2 rings (SSSR count). The third kappa shape index (κ3) is 46.3. The van der Waals surface area contributed by atoms with Gasteiger partial charge in [0.15, 0.2) is 0 Å². The van der Waals surface area contributed by atoms with Gasteiger partial charge in [0.25, 0.3) is 0 Å². The van der Waals surface area contributed by atoms with Gasteiger partial charge < -0.3 is 9.11 Å². The minimum absolute atomic E-state index is 0.0213. The second-order valence-corrected chi connectivity index (χ2v) is 29.9. The molecule has 6 nitrogen and oxygen atoms in total. The third-order valence-corrected chi connectivity index (χ3v) is 21.5. The Hall–Kier alpha value is -0.941. The van der Waals surface area contributed by atoms with E-state index in [9.17, 15) is 25.9 Å². The molecule has 0 N–H and O–H groups in total. The number of aryl methyl sites for hydroxylation is 2. The van der Waals surface area contributed by atoms with Crippen molar-refractivity contribution >= 4 is 41.4 Å². The SMILES string of the molecule is CCCCCCCCCCCCc1cccc(S(=O)(=O)[O-])c1CCCCCCCCCCCC.CCCCCCCCCCCCc1cccc(S(=O)(=O)[O-])c1CCCCCCCCCCCC.CCC[CH2][Sn+2][CH2]CCC. The van der Waals surface area contributed by atoms with Crippen molar-refractivity contribution in [1.82, 2.24) is 0 Å². The first-order chi connectivity index (χ1) is 37.4. The number of hydrogen-bond acceptors (Lipinski definition) is 6. The Morgan fingerprint density at radius 1 is 0.286 bits per heavy atom. The van der Waals surface area contributed by atoms with Crippen LogP contribution >= 0.6 is 0 Å². The fourth-order valence-electron chi connectivity index (χ4n) is 10.6. The normalized spacial score (nSPS) is 11.5. The van der Waals surface area contributed by atoms with Gasteiger partial charge in [-0.3, -0.25) is 0 Å². The fourth-order valence-corrected chi connectivity index (χ4v) is 16.4. The molecule has 0 unspecified atom stereocenters. The van der Waals surface area contributed by atoms with Gasteiger partial charge in [-0.2, -0.15) is 0 Å². The molecular weight excluding hydrogens is 1100 g/mol. The summed E-state index contributed by atoms with van der Waals surface area (Å²) in [6, 6.07) is 10.6. The molecule has 448 valence electrons. The van der Waals surface area contributed by atoms with Crippen LogP contribution in [0.2, 0.25) is 8.87 Å². The van der Waals surface area contributed by atoms with Gasteiger partial charge in [0.05, 0.1) is 9.79 Å². The summed E-state index contributed by atoms with van der Waals surface area (Å²) in [6.07, 6.45) is 59.9. The monoisotopic (exact) mass is 1220 g/mol. The molecule has 77 heavy (non-hydrogen) atoms. The first-order valence-electron chi connectivity index (χ1n) is 33.3. The van der Waals surface area contributed by atoms with Gasteiger partial charge in [-0.05, 0) is 85.8 Å². The Kier molecular flexibility index (Phi) is 54.9. The Balaban J connectivity index is 0.00000129. The molecule has 0 saturated carbocycles. The zero-order chi connectivity index (χ0) is 56.8. The third-order valence-electron chi connectivity index (χ3n) is 15.6. The first kappa shape index (κ1) is 76.1. The summed E-state index contributed by atoms with van der Waals surface area (Å²) in [5, 5.41) is 0. The number of hydrogen-bond donors (Lipinski definition) is 0. The van der Waals surface area contributed by atoms with E-state index in [0.717, 1.165) is 73.6 Å². The maximum absolute atomic E-state index is 11.9. The zero-order valence-corrected chi connectivity index (χ0v) is 56.1. The van der Waals surface area contributed by atoms with Crippen LogP contribution in [0.4, 0.5) is 0 Å². The van der Waals surface area contributed by atoms with Crippen molar-refractivity contribution < 1.29 is 25.9 Å². The van der Waals surface area contributed by atoms with Gasteiger partial charge >= 0.3 is 69.5 Å². The quantitative estimate of drug-likeness (QED) is 0.0370. The molecule has 0 aliphatic heterocycles. The molecule has 0 radical (unpaired) electrons. The van der Waals surface area contributed by atoms with Crippen LogP contribution in [0.25, 0.3) is 0 Å². The van der Waals surface area contributed by atoms with E-state index in [2.05, 4.69) is 41.5 Å². The van der Waals surface area contributed by atoms with E-state index in [4.69, 9.17) is 0 Å². The first-order valence-corrected chi connectivity index (χ1v) is 40.1. The molecule has 2 aromatic rings. The predicted molar refractivity (Wildman–Crippen MR) is 336 cm³/mol. The van der Waals surface area contributed by atoms with Crippen molar-refractivity contribution in [3.05, 3.63) is 58.7 Å². The van der Waals surface area contributed by atoms with E-state index in [1.807, 2.05) is 12.1 Å². The van der Waals surface area contributed by atoms with Crippen LogP contribution < -0.4 is 0 Å². The second-order valence-electron chi connectivity index (χ2n) is 22.9. The molecule has 0 heterocycles. The summed E-state index contributed by atoms with van der Waals surface area (Å²) in [4.78, 5) is 0.0426. The van der Waals surface area contributed by atoms with Crippen molar-refractivity contribution in [2.24, 2.45) is 0 Å². The molecule has 0 aliphatic carbocycles. The van der Waals surface area contributed by atoms with Gasteiger partial charge in [-0.15, -0.1) is 0 Å². The number of unbranched alkanes of at least 4 members (excludes halogenated alkanes) is 38. The summed E-state index contributed by atoms with van der Waals surface area (Å²) in [7, 11) is -8.84. The summed E-state index contributed by atoms with van der Waals surface area (Å²) >= 11 is 0.149.